The summed E-state index contributed by atoms with van der Waals surface area (Å²) < 4.78 is 5.30. The summed E-state index contributed by atoms with van der Waals surface area (Å²) in [6.07, 6.45) is 0. The van der Waals surface area contributed by atoms with Crippen molar-refractivity contribution in [3.05, 3.63) is 64.7 Å². The first-order valence-electron chi connectivity index (χ1n) is 5.86. The van der Waals surface area contributed by atoms with Crippen LogP contribution in [0.4, 0.5) is 0 Å². The van der Waals surface area contributed by atoms with Gasteiger partial charge in [0.05, 0.1) is 7.11 Å². The number of nitrogens with one attached hydrogen (secondary N) is 1. The van der Waals surface area contributed by atoms with Gasteiger partial charge in [-0.3, -0.25) is 0 Å². The predicted octanol–water partition coefficient (Wildman–Crippen LogP) is 3.64. The molecule has 2 nitrogen and oxygen atoms in total. The zero-order valence-corrected chi connectivity index (χ0v) is 11.1. The topological polar surface area (TPSA) is 21.3 Å². The van der Waals surface area contributed by atoms with Crippen molar-refractivity contribution in [1.82, 2.24) is 5.32 Å². The van der Waals surface area contributed by atoms with Gasteiger partial charge in [0.2, 0.25) is 0 Å². The predicted molar refractivity (Wildman–Crippen MR) is 75.0 cm³/mol. The lowest BCUT2D eigenvalue weighted by molar-refractivity contribution is 0.407. The van der Waals surface area contributed by atoms with Gasteiger partial charge in [-0.1, -0.05) is 41.9 Å². The molecule has 18 heavy (non-hydrogen) atoms. The van der Waals surface area contributed by atoms with Gasteiger partial charge in [0.25, 0.3) is 0 Å². The van der Waals surface area contributed by atoms with Gasteiger partial charge in [0, 0.05) is 23.7 Å². The molecule has 0 heterocycles. The minimum Gasteiger partial charge on any atom is -0.496 e. The standard InChI is InChI=1S/C15H16ClNO/c1-18-15-8-7-14(16)9-13(15)11-17-10-12-5-3-2-4-6-12/h2-9,17H,10-11H2,1H3. The van der Waals surface area contributed by atoms with Crippen LogP contribution >= 0.6 is 11.6 Å². The van der Waals surface area contributed by atoms with E-state index in [1.807, 2.05) is 36.4 Å². The average Bonchev–Trinajstić information content (AvgIpc) is 2.40. The fourth-order valence-electron chi connectivity index (χ4n) is 1.82. The molecular weight excluding hydrogens is 246 g/mol. The number of hydrogen-bond acceptors (Lipinski definition) is 2. The van der Waals surface area contributed by atoms with Crippen LogP contribution in [-0.2, 0) is 13.1 Å². The molecular formula is C15H16ClNO. The highest BCUT2D eigenvalue weighted by Crippen LogP contribution is 2.22. The van der Waals surface area contributed by atoms with Gasteiger partial charge >= 0.3 is 0 Å². The van der Waals surface area contributed by atoms with Crippen molar-refractivity contribution in [2.45, 2.75) is 13.1 Å². The molecule has 1 N–H and O–H groups in total. The first-order valence-corrected chi connectivity index (χ1v) is 6.24. The van der Waals surface area contributed by atoms with Crippen LogP contribution in [-0.4, -0.2) is 7.11 Å². The minimum atomic E-state index is 0.729. The summed E-state index contributed by atoms with van der Waals surface area (Å²) in [5, 5.41) is 4.11. The van der Waals surface area contributed by atoms with Gasteiger partial charge in [0.1, 0.15) is 5.75 Å². The lowest BCUT2D eigenvalue weighted by Crippen LogP contribution is -2.13. The van der Waals surface area contributed by atoms with E-state index >= 15 is 0 Å². The van der Waals surface area contributed by atoms with Gasteiger partial charge in [-0.15, -0.1) is 0 Å². The number of halogens is 1. The first kappa shape index (κ1) is 12.9. The van der Waals surface area contributed by atoms with Crippen LogP contribution in [0.25, 0.3) is 0 Å². The number of rotatable bonds is 5. The van der Waals surface area contributed by atoms with Gasteiger partial charge in [0.15, 0.2) is 0 Å². The Morgan fingerprint density at radius 2 is 1.83 bits per heavy atom. The van der Waals surface area contributed by atoms with E-state index in [1.54, 1.807) is 7.11 Å². The monoisotopic (exact) mass is 261 g/mol. The Labute approximate surface area is 113 Å². The van der Waals surface area contributed by atoms with E-state index in [1.165, 1.54) is 5.56 Å². The van der Waals surface area contributed by atoms with Gasteiger partial charge < -0.3 is 10.1 Å². The van der Waals surface area contributed by atoms with E-state index in [9.17, 15) is 0 Å². The maximum Gasteiger partial charge on any atom is 0.123 e. The van der Waals surface area contributed by atoms with E-state index in [4.69, 9.17) is 16.3 Å². The molecule has 0 saturated heterocycles. The maximum atomic E-state index is 5.99. The third-order valence-electron chi connectivity index (χ3n) is 2.73. The van der Waals surface area contributed by atoms with Crippen LogP contribution in [0.2, 0.25) is 5.02 Å². The lowest BCUT2D eigenvalue weighted by atomic mass is 10.2. The molecule has 2 rings (SSSR count). The molecule has 2 aromatic rings. The highest BCUT2D eigenvalue weighted by atomic mass is 35.5. The zero-order valence-electron chi connectivity index (χ0n) is 10.3. The highest BCUT2D eigenvalue weighted by molar-refractivity contribution is 6.30. The Kier molecular flexibility index (Phi) is 4.62. The molecule has 0 bridgehead atoms. The molecule has 0 aliphatic rings. The second kappa shape index (κ2) is 6.43. The molecule has 0 aliphatic carbocycles. The van der Waals surface area contributed by atoms with Crippen molar-refractivity contribution >= 4 is 11.6 Å². The van der Waals surface area contributed by atoms with Crippen molar-refractivity contribution in [3.63, 3.8) is 0 Å². The fourth-order valence-corrected chi connectivity index (χ4v) is 2.02. The van der Waals surface area contributed by atoms with Crippen LogP contribution in [0.1, 0.15) is 11.1 Å². The largest absolute Gasteiger partial charge is 0.496 e. The van der Waals surface area contributed by atoms with Crippen LogP contribution in [0.5, 0.6) is 5.75 Å². The summed E-state index contributed by atoms with van der Waals surface area (Å²) in [4.78, 5) is 0. The molecule has 0 atom stereocenters. The Balaban J connectivity index is 1.96. The fraction of sp³-hybridized carbons (Fsp3) is 0.200. The molecule has 2 aromatic carbocycles. The second-order valence-corrected chi connectivity index (χ2v) is 4.48. The Morgan fingerprint density at radius 3 is 2.56 bits per heavy atom. The highest BCUT2D eigenvalue weighted by Gasteiger charge is 2.03. The molecule has 0 aromatic heterocycles. The van der Waals surface area contributed by atoms with E-state index in [0.29, 0.717) is 0 Å². The third-order valence-corrected chi connectivity index (χ3v) is 2.96. The first-order chi connectivity index (χ1) is 8.79. The number of ether oxygens (including phenoxy) is 1. The Morgan fingerprint density at radius 1 is 1.06 bits per heavy atom. The summed E-state index contributed by atoms with van der Waals surface area (Å²) >= 11 is 5.99. The molecule has 0 fully saturated rings. The lowest BCUT2D eigenvalue weighted by Gasteiger charge is -2.10. The number of hydrogen-bond donors (Lipinski definition) is 1. The van der Waals surface area contributed by atoms with E-state index in [0.717, 1.165) is 29.4 Å². The quantitative estimate of drug-likeness (QED) is 0.887. The van der Waals surface area contributed by atoms with E-state index in [-0.39, 0.29) is 0 Å². The summed E-state index contributed by atoms with van der Waals surface area (Å²) in [5.74, 6) is 0.861. The zero-order chi connectivity index (χ0) is 12.8. The molecule has 94 valence electrons. The van der Waals surface area contributed by atoms with E-state index in [2.05, 4.69) is 17.4 Å². The van der Waals surface area contributed by atoms with Gasteiger partial charge in [-0.25, -0.2) is 0 Å². The molecule has 0 saturated carbocycles. The minimum absolute atomic E-state index is 0.729. The summed E-state index contributed by atoms with van der Waals surface area (Å²) in [6.45, 7) is 1.56. The van der Waals surface area contributed by atoms with Crippen molar-refractivity contribution in [2.75, 3.05) is 7.11 Å². The number of benzene rings is 2. The SMILES string of the molecule is COc1ccc(Cl)cc1CNCc1ccccc1. The normalized spacial score (nSPS) is 10.3. The molecule has 0 unspecified atom stereocenters. The summed E-state index contributed by atoms with van der Waals surface area (Å²) in [7, 11) is 1.67. The van der Waals surface area contributed by atoms with Crippen LogP contribution in [0.15, 0.2) is 48.5 Å². The van der Waals surface area contributed by atoms with Gasteiger partial charge in [-0.05, 0) is 23.8 Å². The average molecular weight is 262 g/mol. The Bertz CT molecular complexity index is 499. The second-order valence-electron chi connectivity index (χ2n) is 4.05. The molecule has 3 heteroatoms. The third kappa shape index (κ3) is 3.49. The van der Waals surface area contributed by atoms with Crippen molar-refractivity contribution in [1.29, 1.82) is 0 Å². The summed E-state index contributed by atoms with van der Waals surface area (Å²) in [6, 6.07) is 15.9. The molecule has 0 amide bonds. The van der Waals surface area contributed by atoms with Gasteiger partial charge in [-0.2, -0.15) is 0 Å². The molecule has 0 spiro atoms. The molecule has 0 radical (unpaired) electrons. The maximum absolute atomic E-state index is 5.99. The Hall–Kier alpha value is -1.51. The van der Waals surface area contributed by atoms with Crippen LogP contribution in [0.3, 0.4) is 0 Å². The van der Waals surface area contributed by atoms with E-state index < -0.39 is 0 Å². The van der Waals surface area contributed by atoms with Crippen LogP contribution in [0, 0.1) is 0 Å². The summed E-state index contributed by atoms with van der Waals surface area (Å²) in [5.41, 5.74) is 2.33. The van der Waals surface area contributed by atoms with Crippen molar-refractivity contribution in [2.24, 2.45) is 0 Å². The smallest absolute Gasteiger partial charge is 0.123 e. The van der Waals surface area contributed by atoms with Crippen molar-refractivity contribution in [3.8, 4) is 5.75 Å². The van der Waals surface area contributed by atoms with Crippen LogP contribution < -0.4 is 10.1 Å². The molecule has 0 aliphatic heterocycles. The number of methoxy groups -OCH3 is 1. The van der Waals surface area contributed by atoms with Crippen molar-refractivity contribution < 1.29 is 4.74 Å².